The third kappa shape index (κ3) is 3.79. The predicted octanol–water partition coefficient (Wildman–Crippen LogP) is 3.11. The van der Waals surface area contributed by atoms with Crippen molar-refractivity contribution in [3.8, 4) is 0 Å². The Hall–Kier alpha value is -2.32. The molecule has 0 saturated carbocycles. The third-order valence-corrected chi connectivity index (χ3v) is 5.34. The fourth-order valence-corrected chi connectivity index (χ4v) is 3.85. The molecule has 4 rings (SSSR count). The summed E-state index contributed by atoms with van der Waals surface area (Å²) in [6, 6.07) is 2.06. The van der Waals surface area contributed by atoms with Gasteiger partial charge < -0.3 is 9.26 Å². The van der Waals surface area contributed by atoms with Crippen LogP contribution in [0.1, 0.15) is 67.4 Å². The second-order valence-electron chi connectivity index (χ2n) is 7.88. The predicted molar refractivity (Wildman–Crippen MR) is 104 cm³/mol. The molecule has 0 aromatic carbocycles. The topological polar surface area (TPSA) is 90.4 Å². The van der Waals surface area contributed by atoms with Gasteiger partial charge in [0.25, 0.3) is 0 Å². The highest BCUT2D eigenvalue weighted by Gasteiger charge is 2.30. The van der Waals surface area contributed by atoms with Crippen molar-refractivity contribution in [1.82, 2.24) is 29.8 Å². The van der Waals surface area contributed by atoms with Gasteiger partial charge in [-0.2, -0.15) is 4.98 Å². The van der Waals surface area contributed by atoms with Gasteiger partial charge in [0.1, 0.15) is 0 Å². The van der Waals surface area contributed by atoms with Crippen LogP contribution in [0.3, 0.4) is 0 Å². The average molecular weight is 384 g/mol. The van der Waals surface area contributed by atoms with E-state index in [1.54, 1.807) is 0 Å². The Labute approximate surface area is 164 Å². The summed E-state index contributed by atoms with van der Waals surface area (Å²) in [5.41, 5.74) is 3.17. The van der Waals surface area contributed by atoms with Gasteiger partial charge in [0, 0.05) is 37.1 Å². The molecule has 1 unspecified atom stereocenters. The molecule has 3 aromatic rings. The van der Waals surface area contributed by atoms with Gasteiger partial charge in [-0.1, -0.05) is 19.0 Å². The molecule has 150 valence electrons. The fourth-order valence-electron chi connectivity index (χ4n) is 3.85. The van der Waals surface area contributed by atoms with E-state index in [0.717, 1.165) is 54.7 Å². The summed E-state index contributed by atoms with van der Waals surface area (Å²) in [6.45, 7) is 10.4. The van der Waals surface area contributed by atoms with Crippen molar-refractivity contribution in [2.45, 2.75) is 59.0 Å². The number of rotatable bonds is 6. The van der Waals surface area contributed by atoms with E-state index in [1.807, 2.05) is 13.1 Å². The monoisotopic (exact) mass is 384 g/mol. The Morgan fingerprint density at radius 2 is 2.00 bits per heavy atom. The zero-order valence-electron chi connectivity index (χ0n) is 17.0. The number of hydrogen-bond acceptors (Lipinski definition) is 7. The van der Waals surface area contributed by atoms with Gasteiger partial charge in [-0.15, -0.1) is 0 Å². The molecule has 1 N–H and O–H groups in total. The first-order valence-electron chi connectivity index (χ1n) is 9.98. The minimum Gasteiger partial charge on any atom is -0.381 e. The first kappa shape index (κ1) is 19.0. The fraction of sp³-hybridized carbons (Fsp3) is 0.600. The molecule has 28 heavy (non-hydrogen) atoms. The molecule has 0 amide bonds. The molecule has 1 fully saturated rings. The minimum absolute atomic E-state index is 0.00633. The van der Waals surface area contributed by atoms with E-state index in [1.165, 1.54) is 0 Å². The third-order valence-electron chi connectivity index (χ3n) is 5.34. The summed E-state index contributed by atoms with van der Waals surface area (Å²) in [6.07, 6.45) is 3.84. The van der Waals surface area contributed by atoms with Gasteiger partial charge in [-0.05, 0) is 38.7 Å². The Morgan fingerprint density at radius 3 is 2.71 bits per heavy atom. The first-order chi connectivity index (χ1) is 13.5. The maximum absolute atomic E-state index is 5.64. The zero-order valence-corrected chi connectivity index (χ0v) is 17.0. The standard InChI is InChI=1S/C20H28N6O2/c1-12(2)18-24-19(28-25-18)17(15-5-7-27-8-6-15)21-10-16-11-22-20-23-13(3)9-14(4)26(16)20/h9,11-12,15,17,21H,5-8,10H2,1-4H3. The van der Waals surface area contributed by atoms with E-state index in [-0.39, 0.29) is 12.0 Å². The quantitative estimate of drug-likeness (QED) is 0.698. The summed E-state index contributed by atoms with van der Waals surface area (Å²) in [4.78, 5) is 13.7. The highest BCUT2D eigenvalue weighted by Crippen LogP contribution is 2.30. The summed E-state index contributed by atoms with van der Waals surface area (Å²) in [7, 11) is 0. The van der Waals surface area contributed by atoms with Crippen LogP contribution in [-0.2, 0) is 11.3 Å². The van der Waals surface area contributed by atoms with Crippen LogP contribution in [0.2, 0.25) is 0 Å². The molecule has 3 aromatic heterocycles. The smallest absolute Gasteiger partial charge is 0.244 e. The van der Waals surface area contributed by atoms with Crippen molar-refractivity contribution < 1.29 is 9.26 Å². The molecule has 0 radical (unpaired) electrons. The van der Waals surface area contributed by atoms with Crippen molar-refractivity contribution in [2.75, 3.05) is 13.2 Å². The zero-order chi connectivity index (χ0) is 19.7. The number of imidazole rings is 1. The van der Waals surface area contributed by atoms with Gasteiger partial charge in [0.2, 0.25) is 11.7 Å². The lowest BCUT2D eigenvalue weighted by Gasteiger charge is -2.28. The van der Waals surface area contributed by atoms with Gasteiger partial charge in [-0.25, -0.2) is 9.97 Å². The highest BCUT2D eigenvalue weighted by atomic mass is 16.5. The number of fused-ring (bicyclic) bond motifs is 1. The largest absolute Gasteiger partial charge is 0.381 e. The number of hydrogen-bond donors (Lipinski definition) is 1. The van der Waals surface area contributed by atoms with Crippen LogP contribution >= 0.6 is 0 Å². The molecule has 1 atom stereocenters. The Kier molecular flexibility index (Phi) is 5.41. The van der Waals surface area contributed by atoms with Gasteiger partial charge >= 0.3 is 0 Å². The molecule has 1 aliphatic rings. The number of aryl methyl sites for hydroxylation is 2. The summed E-state index contributed by atoms with van der Waals surface area (Å²) in [5, 5.41) is 7.82. The van der Waals surface area contributed by atoms with Crippen LogP contribution in [0.15, 0.2) is 16.8 Å². The van der Waals surface area contributed by atoms with E-state index < -0.39 is 0 Å². The molecular weight excluding hydrogens is 356 g/mol. The van der Waals surface area contributed by atoms with Crippen LogP contribution in [0, 0.1) is 19.8 Å². The number of nitrogens with zero attached hydrogens (tertiary/aromatic N) is 5. The van der Waals surface area contributed by atoms with E-state index in [9.17, 15) is 0 Å². The Balaban J connectivity index is 1.59. The van der Waals surface area contributed by atoms with E-state index in [2.05, 4.69) is 56.7 Å². The molecule has 0 spiro atoms. The average Bonchev–Trinajstić information content (AvgIpc) is 3.31. The lowest BCUT2D eigenvalue weighted by molar-refractivity contribution is 0.0485. The molecule has 4 heterocycles. The lowest BCUT2D eigenvalue weighted by atomic mass is 9.91. The van der Waals surface area contributed by atoms with Crippen molar-refractivity contribution in [3.63, 3.8) is 0 Å². The highest BCUT2D eigenvalue weighted by molar-refractivity contribution is 5.35. The molecule has 1 aliphatic heterocycles. The van der Waals surface area contributed by atoms with E-state index in [4.69, 9.17) is 9.26 Å². The van der Waals surface area contributed by atoms with Crippen molar-refractivity contribution >= 4 is 5.78 Å². The Morgan fingerprint density at radius 1 is 1.21 bits per heavy atom. The maximum Gasteiger partial charge on any atom is 0.244 e. The minimum atomic E-state index is -0.00633. The van der Waals surface area contributed by atoms with Crippen LogP contribution in [-0.4, -0.2) is 37.7 Å². The molecule has 0 bridgehead atoms. The number of aromatic nitrogens is 5. The lowest BCUT2D eigenvalue weighted by Crippen LogP contribution is -2.32. The second kappa shape index (κ2) is 7.97. The maximum atomic E-state index is 5.64. The van der Waals surface area contributed by atoms with Gasteiger partial charge in [0.05, 0.1) is 17.9 Å². The van der Waals surface area contributed by atoms with Gasteiger partial charge in [-0.3, -0.25) is 9.72 Å². The van der Waals surface area contributed by atoms with Crippen molar-refractivity contribution in [2.24, 2.45) is 5.92 Å². The molecular formula is C20H28N6O2. The second-order valence-corrected chi connectivity index (χ2v) is 7.88. The first-order valence-corrected chi connectivity index (χ1v) is 9.98. The summed E-state index contributed by atoms with van der Waals surface area (Å²) < 4.78 is 13.3. The molecule has 0 aliphatic carbocycles. The molecule has 8 nitrogen and oxygen atoms in total. The summed E-state index contributed by atoms with van der Waals surface area (Å²) >= 11 is 0. The van der Waals surface area contributed by atoms with Crippen LogP contribution < -0.4 is 5.32 Å². The SMILES string of the molecule is Cc1cc(C)n2c(CNC(c3nc(C(C)C)no3)C3CCOCC3)cnc2n1. The van der Waals surface area contributed by atoms with Crippen LogP contribution in [0.25, 0.3) is 5.78 Å². The van der Waals surface area contributed by atoms with E-state index >= 15 is 0 Å². The number of nitrogens with one attached hydrogen (secondary N) is 1. The molecule has 8 heteroatoms. The normalized spacial score (nSPS) is 16.9. The van der Waals surface area contributed by atoms with Crippen molar-refractivity contribution in [3.05, 3.63) is 41.1 Å². The Bertz CT molecular complexity index is 941. The van der Waals surface area contributed by atoms with Crippen LogP contribution in [0.4, 0.5) is 0 Å². The molecule has 1 saturated heterocycles. The number of ether oxygens (including phenoxy) is 1. The van der Waals surface area contributed by atoms with Gasteiger partial charge in [0.15, 0.2) is 5.82 Å². The summed E-state index contributed by atoms with van der Waals surface area (Å²) in [5.74, 6) is 2.78. The van der Waals surface area contributed by atoms with Crippen LogP contribution in [0.5, 0.6) is 0 Å². The van der Waals surface area contributed by atoms with E-state index in [0.29, 0.717) is 18.4 Å². The van der Waals surface area contributed by atoms with Crippen molar-refractivity contribution in [1.29, 1.82) is 0 Å².